The number of imide groups is 1. The van der Waals surface area contributed by atoms with Crippen molar-refractivity contribution in [1.82, 2.24) is 10.6 Å². The molecule has 0 radical (unpaired) electrons. The number of urea groups is 1. The van der Waals surface area contributed by atoms with Gasteiger partial charge in [0, 0.05) is 5.54 Å². The maximum Gasteiger partial charge on any atom is 0.321 e. The predicted molar refractivity (Wildman–Crippen MR) is 77.7 cm³/mol. The number of carbonyl (C=O) groups is 2. The van der Waals surface area contributed by atoms with Gasteiger partial charge in [-0.3, -0.25) is 10.1 Å². The van der Waals surface area contributed by atoms with Crippen LogP contribution >= 0.6 is 0 Å². The molecule has 0 aromatic heterocycles. The first kappa shape index (κ1) is 16.0. The van der Waals surface area contributed by atoms with Crippen molar-refractivity contribution in [2.45, 2.75) is 46.3 Å². The molecule has 3 amide bonds. The second-order valence-electron chi connectivity index (χ2n) is 5.77. The van der Waals surface area contributed by atoms with Gasteiger partial charge in [0.2, 0.25) is 0 Å². The van der Waals surface area contributed by atoms with Gasteiger partial charge in [-0.25, -0.2) is 4.79 Å². The maximum atomic E-state index is 11.8. The smallest absolute Gasteiger partial charge is 0.321 e. The molecular formula is C15H22N2O3. The molecule has 5 nitrogen and oxygen atoms in total. The number of rotatable bonds is 3. The predicted octanol–water partition coefficient (Wildman–Crippen LogP) is 2.39. The van der Waals surface area contributed by atoms with Gasteiger partial charge in [0.1, 0.15) is 5.75 Å². The molecule has 0 aliphatic carbocycles. The van der Waals surface area contributed by atoms with Crippen molar-refractivity contribution in [2.75, 3.05) is 0 Å². The van der Waals surface area contributed by atoms with Crippen LogP contribution in [-0.2, 0) is 4.79 Å². The number of hydrogen-bond donors (Lipinski definition) is 2. The Morgan fingerprint density at radius 1 is 1.15 bits per heavy atom. The zero-order valence-corrected chi connectivity index (χ0v) is 12.6. The quantitative estimate of drug-likeness (QED) is 0.892. The largest absolute Gasteiger partial charge is 0.481 e. The molecule has 0 bridgehead atoms. The van der Waals surface area contributed by atoms with Gasteiger partial charge < -0.3 is 10.1 Å². The molecule has 1 aromatic carbocycles. The van der Waals surface area contributed by atoms with Gasteiger partial charge in [0.05, 0.1) is 0 Å². The van der Waals surface area contributed by atoms with E-state index in [1.54, 1.807) is 19.1 Å². The summed E-state index contributed by atoms with van der Waals surface area (Å²) in [6.07, 6.45) is -0.747. The Bertz CT molecular complexity index is 475. The monoisotopic (exact) mass is 278 g/mol. The topological polar surface area (TPSA) is 67.4 Å². The van der Waals surface area contributed by atoms with Gasteiger partial charge in [-0.05, 0) is 46.8 Å². The van der Waals surface area contributed by atoms with E-state index in [-0.39, 0.29) is 0 Å². The average molecular weight is 278 g/mol. The minimum absolute atomic E-state index is 0.397. The number of benzene rings is 1. The fourth-order valence-corrected chi connectivity index (χ4v) is 1.46. The number of ether oxygens (including phenoxy) is 1. The number of hydrogen-bond acceptors (Lipinski definition) is 3. The zero-order chi connectivity index (χ0) is 15.3. The molecule has 0 fully saturated rings. The van der Waals surface area contributed by atoms with Crippen molar-refractivity contribution in [3.8, 4) is 5.75 Å². The molecule has 0 saturated heterocycles. The summed E-state index contributed by atoms with van der Waals surface area (Å²) in [5.41, 5.74) is 0.713. The third-order valence-corrected chi connectivity index (χ3v) is 2.43. The highest BCUT2D eigenvalue weighted by atomic mass is 16.5. The molecular weight excluding hydrogens is 256 g/mol. The SMILES string of the molecule is Cc1ccc(O[C@H](C)C(=O)NC(=O)NC(C)(C)C)cc1. The highest BCUT2D eigenvalue weighted by Gasteiger charge is 2.20. The molecule has 0 saturated carbocycles. The Morgan fingerprint density at radius 2 is 1.70 bits per heavy atom. The Morgan fingerprint density at radius 3 is 2.20 bits per heavy atom. The molecule has 0 aliphatic heterocycles. The van der Waals surface area contributed by atoms with E-state index in [0.717, 1.165) is 5.56 Å². The summed E-state index contributed by atoms with van der Waals surface area (Å²) in [6, 6.07) is 6.84. The van der Waals surface area contributed by atoms with E-state index >= 15 is 0 Å². The lowest BCUT2D eigenvalue weighted by molar-refractivity contribution is -0.126. The van der Waals surface area contributed by atoms with Gasteiger partial charge >= 0.3 is 6.03 Å². The van der Waals surface area contributed by atoms with Crippen LogP contribution in [0.5, 0.6) is 5.75 Å². The van der Waals surface area contributed by atoms with E-state index in [0.29, 0.717) is 5.75 Å². The molecule has 0 aliphatic rings. The van der Waals surface area contributed by atoms with Crippen molar-refractivity contribution < 1.29 is 14.3 Å². The van der Waals surface area contributed by atoms with Crippen molar-refractivity contribution in [2.24, 2.45) is 0 Å². The van der Waals surface area contributed by atoms with Gasteiger partial charge in [0.15, 0.2) is 6.10 Å². The zero-order valence-electron chi connectivity index (χ0n) is 12.6. The Hall–Kier alpha value is -2.04. The molecule has 1 rings (SSSR count). The second-order valence-corrected chi connectivity index (χ2v) is 5.77. The minimum atomic E-state index is -0.747. The number of carbonyl (C=O) groups excluding carboxylic acids is 2. The van der Waals surface area contributed by atoms with E-state index in [4.69, 9.17) is 4.74 Å². The van der Waals surface area contributed by atoms with Crippen LogP contribution in [0.3, 0.4) is 0 Å². The summed E-state index contributed by atoms with van der Waals surface area (Å²) in [4.78, 5) is 23.4. The average Bonchev–Trinajstić information content (AvgIpc) is 2.29. The van der Waals surface area contributed by atoms with E-state index in [1.165, 1.54) is 0 Å². The van der Waals surface area contributed by atoms with Crippen LogP contribution in [-0.4, -0.2) is 23.6 Å². The van der Waals surface area contributed by atoms with Crippen molar-refractivity contribution in [3.63, 3.8) is 0 Å². The Kier molecular flexibility index (Phi) is 5.13. The van der Waals surface area contributed by atoms with E-state index in [1.807, 2.05) is 39.8 Å². The van der Waals surface area contributed by atoms with Gasteiger partial charge in [-0.1, -0.05) is 17.7 Å². The first-order chi connectivity index (χ1) is 9.17. The fourth-order valence-electron chi connectivity index (χ4n) is 1.46. The highest BCUT2D eigenvalue weighted by Crippen LogP contribution is 2.13. The molecule has 0 unspecified atom stereocenters. The highest BCUT2D eigenvalue weighted by molar-refractivity contribution is 5.96. The van der Waals surface area contributed by atoms with Crippen molar-refractivity contribution in [3.05, 3.63) is 29.8 Å². The van der Waals surface area contributed by atoms with Crippen LogP contribution in [0, 0.1) is 6.92 Å². The first-order valence-electron chi connectivity index (χ1n) is 6.54. The minimum Gasteiger partial charge on any atom is -0.481 e. The summed E-state index contributed by atoms with van der Waals surface area (Å²) < 4.78 is 5.47. The first-order valence-corrected chi connectivity index (χ1v) is 6.54. The maximum absolute atomic E-state index is 11.8. The van der Waals surface area contributed by atoms with Crippen LogP contribution in [0.15, 0.2) is 24.3 Å². The van der Waals surface area contributed by atoms with Crippen LogP contribution in [0.2, 0.25) is 0 Å². The van der Waals surface area contributed by atoms with Gasteiger partial charge in [-0.2, -0.15) is 0 Å². The summed E-state index contributed by atoms with van der Waals surface area (Å²) in [5.74, 6) is 0.113. The Balaban J connectivity index is 2.51. The lowest BCUT2D eigenvalue weighted by Crippen LogP contribution is -2.50. The third kappa shape index (κ3) is 5.73. The molecule has 5 heteroatoms. The summed E-state index contributed by atoms with van der Waals surface area (Å²) in [6.45, 7) is 9.08. The van der Waals surface area contributed by atoms with Gasteiger partial charge in [-0.15, -0.1) is 0 Å². The molecule has 2 N–H and O–H groups in total. The van der Waals surface area contributed by atoms with Crippen molar-refractivity contribution in [1.29, 1.82) is 0 Å². The van der Waals surface area contributed by atoms with Crippen molar-refractivity contribution >= 4 is 11.9 Å². The van der Waals surface area contributed by atoms with Crippen LogP contribution in [0.1, 0.15) is 33.3 Å². The van der Waals surface area contributed by atoms with Crippen LogP contribution < -0.4 is 15.4 Å². The third-order valence-electron chi connectivity index (χ3n) is 2.43. The molecule has 20 heavy (non-hydrogen) atoms. The molecule has 0 heterocycles. The number of aryl methyl sites for hydroxylation is 1. The summed E-state index contributed by atoms with van der Waals surface area (Å²) in [5, 5.41) is 4.90. The lowest BCUT2D eigenvalue weighted by atomic mass is 10.1. The number of nitrogens with one attached hydrogen (secondary N) is 2. The lowest BCUT2D eigenvalue weighted by Gasteiger charge is -2.21. The summed E-state index contributed by atoms with van der Waals surface area (Å²) >= 11 is 0. The van der Waals surface area contributed by atoms with Gasteiger partial charge in [0.25, 0.3) is 5.91 Å². The van der Waals surface area contributed by atoms with Crippen LogP contribution in [0.4, 0.5) is 4.79 Å². The Labute approximate surface area is 119 Å². The normalized spacial score (nSPS) is 12.4. The van der Waals surface area contributed by atoms with Crippen LogP contribution in [0.25, 0.3) is 0 Å². The van der Waals surface area contributed by atoms with E-state index in [2.05, 4.69) is 10.6 Å². The van der Waals surface area contributed by atoms with E-state index in [9.17, 15) is 9.59 Å². The van der Waals surface area contributed by atoms with E-state index < -0.39 is 23.6 Å². The number of amides is 3. The standard InChI is InChI=1S/C15H22N2O3/c1-10-6-8-12(9-7-10)20-11(2)13(18)16-14(19)17-15(3,4)5/h6-9,11H,1-5H3,(H2,16,17,18,19)/t11-/m1/s1. The molecule has 110 valence electrons. The second kappa shape index (κ2) is 6.41. The fraction of sp³-hybridized carbons (Fsp3) is 0.467. The summed E-state index contributed by atoms with van der Waals surface area (Å²) in [7, 11) is 0. The molecule has 0 spiro atoms. The molecule has 1 atom stereocenters. The molecule has 1 aromatic rings.